The summed E-state index contributed by atoms with van der Waals surface area (Å²) in [5.41, 5.74) is 1.82. The fourth-order valence-electron chi connectivity index (χ4n) is 2.91. The molecule has 28 heavy (non-hydrogen) atoms. The van der Waals surface area contributed by atoms with Crippen LogP contribution in [-0.4, -0.2) is 34.8 Å². The van der Waals surface area contributed by atoms with Crippen molar-refractivity contribution in [1.29, 1.82) is 0 Å². The van der Waals surface area contributed by atoms with Crippen LogP contribution < -0.4 is 9.47 Å². The molecule has 0 bridgehead atoms. The molecule has 1 fully saturated rings. The quantitative estimate of drug-likeness (QED) is 0.244. The standard InChI is InChI=1S/C22H28N2O4/c1-3-4-5-6-7-8-13-26-22-23-14-18(15-24-22)17-9-11-19(12-10-17)28-21(25)20-16(2)27-20/h9-12,14-16,20H,3-8,13H2,1-2H3/t16-,20-/m1/s1. The Morgan fingerprint density at radius 1 is 1.00 bits per heavy atom. The lowest BCUT2D eigenvalue weighted by molar-refractivity contribution is -0.135. The van der Waals surface area contributed by atoms with Crippen molar-refractivity contribution >= 4 is 5.97 Å². The number of epoxide rings is 1. The van der Waals surface area contributed by atoms with Gasteiger partial charge in [0.15, 0.2) is 6.10 Å². The third-order valence-corrected chi connectivity index (χ3v) is 4.71. The highest BCUT2D eigenvalue weighted by Crippen LogP contribution is 2.25. The summed E-state index contributed by atoms with van der Waals surface area (Å²) in [7, 11) is 0. The van der Waals surface area contributed by atoms with E-state index < -0.39 is 6.10 Å². The van der Waals surface area contributed by atoms with Crippen LogP contribution in [0.25, 0.3) is 11.1 Å². The molecule has 6 heteroatoms. The molecule has 1 aromatic heterocycles. The molecule has 0 aliphatic carbocycles. The normalized spacial score (nSPS) is 17.9. The minimum atomic E-state index is -0.433. The summed E-state index contributed by atoms with van der Waals surface area (Å²) in [6.07, 6.45) is 10.3. The summed E-state index contributed by atoms with van der Waals surface area (Å²) in [5.74, 6) is 0.145. The van der Waals surface area contributed by atoms with E-state index in [0.29, 0.717) is 18.4 Å². The van der Waals surface area contributed by atoms with Crippen LogP contribution in [0.15, 0.2) is 36.7 Å². The zero-order valence-corrected chi connectivity index (χ0v) is 16.6. The van der Waals surface area contributed by atoms with E-state index in [1.54, 1.807) is 24.5 Å². The van der Waals surface area contributed by atoms with Gasteiger partial charge in [-0.1, -0.05) is 51.2 Å². The highest BCUT2D eigenvalue weighted by atomic mass is 16.6. The Labute approximate surface area is 166 Å². The molecule has 2 aromatic rings. The molecular formula is C22H28N2O4. The number of benzene rings is 1. The summed E-state index contributed by atoms with van der Waals surface area (Å²) in [6.45, 7) is 4.71. The van der Waals surface area contributed by atoms with E-state index in [2.05, 4.69) is 16.9 Å². The predicted octanol–water partition coefficient (Wildman–Crippen LogP) is 4.58. The number of unbranched alkanes of at least 4 members (excludes halogenated alkanes) is 5. The van der Waals surface area contributed by atoms with E-state index in [9.17, 15) is 4.79 Å². The van der Waals surface area contributed by atoms with Gasteiger partial charge in [-0.25, -0.2) is 14.8 Å². The fourth-order valence-corrected chi connectivity index (χ4v) is 2.91. The number of carbonyl (C=O) groups excluding carboxylic acids is 1. The Hall–Kier alpha value is -2.47. The average molecular weight is 384 g/mol. The number of carbonyl (C=O) groups is 1. The van der Waals surface area contributed by atoms with Crippen molar-refractivity contribution in [3.63, 3.8) is 0 Å². The van der Waals surface area contributed by atoms with E-state index in [4.69, 9.17) is 14.2 Å². The van der Waals surface area contributed by atoms with Crippen LogP contribution in [0.2, 0.25) is 0 Å². The minimum absolute atomic E-state index is 0.0503. The lowest BCUT2D eigenvalue weighted by Gasteiger charge is -2.06. The Morgan fingerprint density at radius 2 is 1.64 bits per heavy atom. The first-order chi connectivity index (χ1) is 13.7. The maximum Gasteiger partial charge on any atom is 0.343 e. The van der Waals surface area contributed by atoms with Crippen molar-refractivity contribution in [2.45, 2.75) is 64.6 Å². The molecule has 3 rings (SSSR count). The summed E-state index contributed by atoms with van der Waals surface area (Å²) < 4.78 is 16.0. The maximum absolute atomic E-state index is 11.8. The molecule has 0 N–H and O–H groups in total. The van der Waals surface area contributed by atoms with Crippen molar-refractivity contribution in [2.75, 3.05) is 6.61 Å². The van der Waals surface area contributed by atoms with Gasteiger partial charge in [0.25, 0.3) is 0 Å². The molecule has 1 aromatic carbocycles. The Morgan fingerprint density at radius 3 is 2.29 bits per heavy atom. The van der Waals surface area contributed by atoms with Gasteiger partial charge < -0.3 is 14.2 Å². The van der Waals surface area contributed by atoms with E-state index in [-0.39, 0.29) is 12.1 Å². The van der Waals surface area contributed by atoms with Gasteiger partial charge in [-0.2, -0.15) is 0 Å². The van der Waals surface area contributed by atoms with Crippen molar-refractivity contribution < 1.29 is 19.0 Å². The summed E-state index contributed by atoms with van der Waals surface area (Å²) in [4.78, 5) is 20.3. The number of ether oxygens (including phenoxy) is 3. The average Bonchev–Trinajstić information content (AvgIpc) is 3.45. The number of hydrogen-bond acceptors (Lipinski definition) is 6. The first-order valence-electron chi connectivity index (χ1n) is 10.1. The first-order valence-corrected chi connectivity index (χ1v) is 10.1. The molecule has 0 radical (unpaired) electrons. The van der Waals surface area contributed by atoms with E-state index in [0.717, 1.165) is 17.5 Å². The van der Waals surface area contributed by atoms with E-state index in [1.165, 1.54) is 32.1 Å². The van der Waals surface area contributed by atoms with Crippen LogP contribution >= 0.6 is 0 Å². The van der Waals surface area contributed by atoms with Crippen LogP contribution in [0.1, 0.15) is 52.4 Å². The van der Waals surface area contributed by atoms with Gasteiger partial charge in [0, 0.05) is 18.0 Å². The van der Waals surface area contributed by atoms with Crippen LogP contribution in [0.3, 0.4) is 0 Å². The predicted molar refractivity (Wildman–Crippen MR) is 106 cm³/mol. The molecule has 0 unspecified atom stereocenters. The number of rotatable bonds is 11. The van der Waals surface area contributed by atoms with Gasteiger partial charge in [-0.3, -0.25) is 0 Å². The monoisotopic (exact) mass is 384 g/mol. The Kier molecular flexibility index (Phi) is 7.37. The van der Waals surface area contributed by atoms with Crippen LogP contribution in [-0.2, 0) is 9.53 Å². The van der Waals surface area contributed by atoms with Crippen LogP contribution in [0.5, 0.6) is 11.8 Å². The van der Waals surface area contributed by atoms with Gasteiger partial charge in [-0.05, 0) is 31.0 Å². The third kappa shape index (κ3) is 6.02. The van der Waals surface area contributed by atoms with Crippen molar-refractivity contribution in [3.8, 4) is 22.9 Å². The molecule has 1 saturated heterocycles. The Bertz CT molecular complexity index is 746. The summed E-state index contributed by atoms with van der Waals surface area (Å²) in [6, 6.07) is 7.65. The SMILES string of the molecule is CCCCCCCCOc1ncc(-c2ccc(OC(=O)[C@@H]3O[C@@H]3C)cc2)cn1. The number of nitrogens with zero attached hydrogens (tertiary/aromatic N) is 2. The Balaban J connectivity index is 1.43. The zero-order valence-electron chi connectivity index (χ0n) is 16.6. The van der Waals surface area contributed by atoms with Crippen molar-refractivity contribution in [3.05, 3.63) is 36.7 Å². The second-order valence-electron chi connectivity index (χ2n) is 7.08. The molecule has 150 valence electrons. The largest absolute Gasteiger partial charge is 0.463 e. The van der Waals surface area contributed by atoms with Crippen LogP contribution in [0, 0.1) is 0 Å². The third-order valence-electron chi connectivity index (χ3n) is 4.71. The lowest BCUT2D eigenvalue weighted by Crippen LogP contribution is -2.16. The second kappa shape index (κ2) is 10.2. The summed E-state index contributed by atoms with van der Waals surface area (Å²) in [5, 5.41) is 0. The minimum Gasteiger partial charge on any atom is -0.463 e. The molecule has 2 atom stereocenters. The number of aromatic nitrogens is 2. The van der Waals surface area contributed by atoms with Gasteiger partial charge in [0.2, 0.25) is 0 Å². The smallest absolute Gasteiger partial charge is 0.343 e. The molecule has 2 heterocycles. The highest BCUT2D eigenvalue weighted by Gasteiger charge is 2.42. The molecule has 1 aliphatic heterocycles. The molecule has 0 spiro atoms. The lowest BCUT2D eigenvalue weighted by atomic mass is 10.1. The topological polar surface area (TPSA) is 73.8 Å². The van der Waals surface area contributed by atoms with Gasteiger partial charge in [0.1, 0.15) is 5.75 Å². The van der Waals surface area contributed by atoms with E-state index in [1.807, 2.05) is 19.1 Å². The number of hydrogen-bond donors (Lipinski definition) is 0. The second-order valence-corrected chi connectivity index (χ2v) is 7.08. The van der Waals surface area contributed by atoms with Crippen LogP contribution in [0.4, 0.5) is 0 Å². The van der Waals surface area contributed by atoms with Gasteiger partial charge in [0.05, 0.1) is 12.7 Å². The first kappa shape index (κ1) is 20.3. The fraction of sp³-hybridized carbons (Fsp3) is 0.500. The zero-order chi connectivity index (χ0) is 19.8. The molecule has 0 saturated carbocycles. The molecule has 0 amide bonds. The van der Waals surface area contributed by atoms with Crippen molar-refractivity contribution in [1.82, 2.24) is 9.97 Å². The maximum atomic E-state index is 11.8. The molecular weight excluding hydrogens is 356 g/mol. The van der Waals surface area contributed by atoms with E-state index >= 15 is 0 Å². The van der Waals surface area contributed by atoms with Gasteiger partial charge in [-0.15, -0.1) is 0 Å². The highest BCUT2D eigenvalue weighted by molar-refractivity contribution is 5.80. The number of esters is 1. The van der Waals surface area contributed by atoms with Gasteiger partial charge >= 0.3 is 12.0 Å². The summed E-state index contributed by atoms with van der Waals surface area (Å²) >= 11 is 0. The molecule has 1 aliphatic rings. The van der Waals surface area contributed by atoms with Crippen molar-refractivity contribution in [2.24, 2.45) is 0 Å². The molecule has 6 nitrogen and oxygen atoms in total.